The summed E-state index contributed by atoms with van der Waals surface area (Å²) in [6.07, 6.45) is -3.82. The molecule has 178 valence electrons. The Morgan fingerprint density at radius 3 is 2.48 bits per heavy atom. The SMILES string of the molecule is O=C(c1n[nH]c2c1CN(C1COC1)CC2)N1CCC(c2cc(F)cc(F)c2C(F)(F)F)CC1. The molecule has 0 unspecified atom stereocenters. The molecule has 2 saturated heterocycles. The van der Waals surface area contributed by atoms with Crippen LogP contribution >= 0.6 is 0 Å². The molecule has 4 heterocycles. The lowest BCUT2D eigenvalue weighted by molar-refractivity contribution is -0.141. The van der Waals surface area contributed by atoms with Gasteiger partial charge in [-0.05, 0) is 30.4 Å². The first-order chi connectivity index (χ1) is 15.7. The first-order valence-electron chi connectivity index (χ1n) is 11.0. The van der Waals surface area contributed by atoms with Gasteiger partial charge in [0.15, 0.2) is 5.69 Å². The van der Waals surface area contributed by atoms with Crippen LogP contribution in [0.3, 0.4) is 0 Å². The third kappa shape index (κ3) is 4.12. The summed E-state index contributed by atoms with van der Waals surface area (Å²) < 4.78 is 73.2. The number of aromatic nitrogens is 2. The van der Waals surface area contributed by atoms with Crippen molar-refractivity contribution in [2.75, 3.05) is 32.8 Å². The summed E-state index contributed by atoms with van der Waals surface area (Å²) in [6.45, 7) is 3.15. The minimum Gasteiger partial charge on any atom is -0.378 e. The second-order valence-corrected chi connectivity index (χ2v) is 8.86. The number of halogens is 5. The standard InChI is InChI=1S/C22H23F5N4O2/c23-13-7-15(19(17(24)8-13)22(25,26)27)12-1-4-30(5-2-12)21(32)20-16-9-31(14-10-33-11-14)6-3-18(16)28-29-20/h7-8,12,14H,1-6,9-11H2,(H,28,29). The second-order valence-electron chi connectivity index (χ2n) is 8.86. The zero-order valence-corrected chi connectivity index (χ0v) is 17.7. The Morgan fingerprint density at radius 1 is 1.12 bits per heavy atom. The number of alkyl halides is 3. The van der Waals surface area contributed by atoms with Gasteiger partial charge in [0.2, 0.25) is 0 Å². The number of hydrogen-bond acceptors (Lipinski definition) is 4. The van der Waals surface area contributed by atoms with E-state index >= 15 is 0 Å². The van der Waals surface area contributed by atoms with E-state index in [0.29, 0.717) is 31.5 Å². The molecule has 11 heteroatoms. The Labute approximate surface area is 186 Å². The van der Waals surface area contributed by atoms with Crippen LogP contribution in [0.4, 0.5) is 22.0 Å². The van der Waals surface area contributed by atoms with E-state index in [2.05, 4.69) is 15.1 Å². The summed E-state index contributed by atoms with van der Waals surface area (Å²) in [4.78, 5) is 17.0. The Balaban J connectivity index is 1.30. The van der Waals surface area contributed by atoms with Crippen LogP contribution in [0.5, 0.6) is 0 Å². The highest BCUT2D eigenvalue weighted by Crippen LogP contribution is 2.41. The third-order valence-electron chi connectivity index (χ3n) is 6.89. The number of nitrogens with zero attached hydrogens (tertiary/aromatic N) is 3. The molecule has 1 aromatic carbocycles. The number of H-pyrrole nitrogens is 1. The van der Waals surface area contributed by atoms with Gasteiger partial charge in [-0.25, -0.2) is 8.78 Å². The number of carbonyl (C=O) groups excluding carboxylic acids is 1. The molecule has 0 spiro atoms. The largest absolute Gasteiger partial charge is 0.419 e. The van der Waals surface area contributed by atoms with Gasteiger partial charge < -0.3 is 9.64 Å². The van der Waals surface area contributed by atoms with Crippen LogP contribution in [0.15, 0.2) is 12.1 Å². The average Bonchev–Trinajstić information content (AvgIpc) is 3.14. The van der Waals surface area contributed by atoms with E-state index in [-0.39, 0.29) is 43.5 Å². The van der Waals surface area contributed by atoms with Crippen molar-refractivity contribution in [2.45, 2.75) is 43.9 Å². The van der Waals surface area contributed by atoms with Crippen LogP contribution in [-0.4, -0.2) is 64.8 Å². The van der Waals surface area contributed by atoms with Crippen molar-refractivity contribution < 1.29 is 31.5 Å². The number of benzene rings is 1. The highest BCUT2D eigenvalue weighted by molar-refractivity contribution is 5.94. The van der Waals surface area contributed by atoms with Crippen LogP contribution in [0.25, 0.3) is 0 Å². The summed E-state index contributed by atoms with van der Waals surface area (Å²) >= 11 is 0. The molecule has 3 aliphatic rings. The molecule has 1 N–H and O–H groups in total. The van der Waals surface area contributed by atoms with Crippen molar-refractivity contribution in [1.82, 2.24) is 20.0 Å². The minimum atomic E-state index is -4.93. The quantitative estimate of drug-likeness (QED) is 0.698. The van der Waals surface area contributed by atoms with Crippen molar-refractivity contribution >= 4 is 5.91 Å². The lowest BCUT2D eigenvalue weighted by Gasteiger charge is -2.39. The first-order valence-corrected chi connectivity index (χ1v) is 11.0. The molecule has 1 amide bonds. The summed E-state index contributed by atoms with van der Waals surface area (Å²) in [7, 11) is 0. The number of piperidine rings is 1. The highest BCUT2D eigenvalue weighted by Gasteiger charge is 2.40. The summed E-state index contributed by atoms with van der Waals surface area (Å²) in [5.74, 6) is -3.63. The molecule has 0 aliphatic carbocycles. The van der Waals surface area contributed by atoms with Crippen LogP contribution in [0.2, 0.25) is 0 Å². The normalized spacial score (nSPS) is 20.6. The number of aromatic amines is 1. The van der Waals surface area contributed by atoms with E-state index in [4.69, 9.17) is 4.74 Å². The molecule has 0 bridgehead atoms. The second kappa shape index (κ2) is 8.35. The first kappa shape index (κ1) is 22.3. The third-order valence-corrected chi connectivity index (χ3v) is 6.89. The Hall–Kier alpha value is -2.53. The maximum atomic E-state index is 14.0. The number of likely N-dealkylation sites (tertiary alicyclic amines) is 1. The van der Waals surface area contributed by atoms with E-state index in [9.17, 15) is 26.7 Å². The molecular weight excluding hydrogens is 447 g/mol. The lowest BCUT2D eigenvalue weighted by Crippen LogP contribution is -2.50. The summed E-state index contributed by atoms with van der Waals surface area (Å²) in [6, 6.07) is 1.35. The molecule has 0 radical (unpaired) electrons. The van der Waals surface area contributed by atoms with Crippen LogP contribution in [-0.2, 0) is 23.9 Å². The fraction of sp³-hybridized carbons (Fsp3) is 0.545. The van der Waals surface area contributed by atoms with Gasteiger partial charge in [0.05, 0.1) is 24.8 Å². The number of rotatable bonds is 3. The number of ether oxygens (including phenoxy) is 1. The number of hydrogen-bond donors (Lipinski definition) is 1. The van der Waals surface area contributed by atoms with Crippen LogP contribution in [0, 0.1) is 11.6 Å². The average molecular weight is 470 g/mol. The van der Waals surface area contributed by atoms with E-state index < -0.39 is 29.3 Å². The number of nitrogens with one attached hydrogen (secondary N) is 1. The maximum absolute atomic E-state index is 14.0. The molecular formula is C22H23F5N4O2. The predicted molar refractivity (Wildman–Crippen MR) is 107 cm³/mol. The van der Waals surface area contributed by atoms with Crippen LogP contribution in [0.1, 0.15) is 51.6 Å². The van der Waals surface area contributed by atoms with Crippen molar-refractivity contribution in [3.05, 3.63) is 51.8 Å². The van der Waals surface area contributed by atoms with E-state index in [0.717, 1.165) is 30.3 Å². The molecule has 3 aliphatic heterocycles. The van der Waals surface area contributed by atoms with Gasteiger partial charge in [-0.2, -0.15) is 18.3 Å². The van der Waals surface area contributed by atoms with Crippen molar-refractivity contribution in [2.24, 2.45) is 0 Å². The highest BCUT2D eigenvalue weighted by atomic mass is 19.4. The molecule has 2 fully saturated rings. The summed E-state index contributed by atoms with van der Waals surface area (Å²) in [5, 5.41) is 7.18. The van der Waals surface area contributed by atoms with Crippen LogP contribution < -0.4 is 0 Å². The Morgan fingerprint density at radius 2 is 1.85 bits per heavy atom. The topological polar surface area (TPSA) is 61.5 Å². The smallest absolute Gasteiger partial charge is 0.378 e. The van der Waals surface area contributed by atoms with Gasteiger partial charge in [0, 0.05) is 49.9 Å². The molecule has 1 aromatic heterocycles. The zero-order valence-electron chi connectivity index (χ0n) is 17.7. The molecule has 0 saturated carbocycles. The molecule has 33 heavy (non-hydrogen) atoms. The zero-order chi connectivity index (χ0) is 23.3. The van der Waals surface area contributed by atoms with Gasteiger partial charge in [-0.15, -0.1) is 0 Å². The Bertz CT molecular complexity index is 1060. The number of amides is 1. The summed E-state index contributed by atoms with van der Waals surface area (Å²) in [5.41, 5.74) is 0.306. The molecule has 5 rings (SSSR count). The van der Waals surface area contributed by atoms with E-state index in [1.807, 2.05) is 0 Å². The van der Waals surface area contributed by atoms with Gasteiger partial charge in [0.25, 0.3) is 5.91 Å². The van der Waals surface area contributed by atoms with E-state index in [1.165, 1.54) is 0 Å². The fourth-order valence-corrected chi connectivity index (χ4v) is 5.00. The monoisotopic (exact) mass is 470 g/mol. The fourth-order valence-electron chi connectivity index (χ4n) is 5.00. The Kier molecular flexibility index (Phi) is 5.64. The number of fused-ring (bicyclic) bond motifs is 1. The van der Waals surface area contributed by atoms with Gasteiger partial charge in [-0.3, -0.25) is 14.8 Å². The van der Waals surface area contributed by atoms with Gasteiger partial charge >= 0.3 is 6.18 Å². The van der Waals surface area contributed by atoms with E-state index in [1.54, 1.807) is 4.90 Å². The lowest BCUT2D eigenvalue weighted by atomic mass is 9.85. The molecule has 2 aromatic rings. The predicted octanol–water partition coefficient (Wildman–Crippen LogP) is 3.48. The van der Waals surface area contributed by atoms with Gasteiger partial charge in [-0.1, -0.05) is 0 Å². The number of carbonyl (C=O) groups is 1. The van der Waals surface area contributed by atoms with Crippen molar-refractivity contribution in [1.29, 1.82) is 0 Å². The minimum absolute atomic E-state index is 0.176. The van der Waals surface area contributed by atoms with Crippen molar-refractivity contribution in [3.63, 3.8) is 0 Å². The van der Waals surface area contributed by atoms with Gasteiger partial charge in [0.1, 0.15) is 11.6 Å². The molecule has 0 atom stereocenters. The molecule has 6 nitrogen and oxygen atoms in total. The maximum Gasteiger partial charge on any atom is 0.419 e. The van der Waals surface area contributed by atoms with Crippen molar-refractivity contribution in [3.8, 4) is 0 Å².